The largest absolute Gasteiger partial charge is 0.465 e. The number of benzene rings is 1. The van der Waals surface area contributed by atoms with Crippen LogP contribution in [0.4, 0.5) is 0 Å². The molecule has 1 aromatic carbocycles. The van der Waals surface area contributed by atoms with Gasteiger partial charge < -0.3 is 4.42 Å². The molecule has 1 aromatic heterocycles. The fourth-order valence-corrected chi connectivity index (χ4v) is 3.17. The first-order valence-electron chi connectivity index (χ1n) is 6.78. The van der Waals surface area contributed by atoms with Crippen LogP contribution in [0.25, 0.3) is 6.08 Å². The first-order valence-corrected chi connectivity index (χ1v) is 8.01. The number of nitrogens with one attached hydrogen (secondary N) is 1. The van der Waals surface area contributed by atoms with Gasteiger partial charge in [-0.2, -0.15) is 5.01 Å². The average Bonchev–Trinajstić information content (AvgIpc) is 3.13. The standard InChI is InChI=1S/C16H12N2O3S2/c19-14(9-11-5-2-1-3-6-11)17-18-15(20)13(23-16(18)22)10-12-7-4-8-21-12/h1-8,10H,9H2,(H,17,19)/b13-10-. The minimum Gasteiger partial charge on any atom is -0.465 e. The highest BCUT2D eigenvalue weighted by atomic mass is 32.2. The topological polar surface area (TPSA) is 62.6 Å². The second-order valence-corrected chi connectivity index (χ2v) is 6.41. The number of rotatable bonds is 4. The fraction of sp³-hybridized carbons (Fsp3) is 0.0625. The molecule has 0 aliphatic carbocycles. The molecular formula is C16H12N2O3S2. The monoisotopic (exact) mass is 344 g/mol. The average molecular weight is 344 g/mol. The van der Waals surface area contributed by atoms with E-state index < -0.39 is 0 Å². The van der Waals surface area contributed by atoms with E-state index in [0.717, 1.165) is 22.3 Å². The summed E-state index contributed by atoms with van der Waals surface area (Å²) in [7, 11) is 0. The summed E-state index contributed by atoms with van der Waals surface area (Å²) >= 11 is 6.28. The number of amides is 2. The summed E-state index contributed by atoms with van der Waals surface area (Å²) in [5.74, 6) is -0.106. The maximum atomic E-state index is 12.3. The molecule has 23 heavy (non-hydrogen) atoms. The van der Waals surface area contributed by atoms with Crippen molar-refractivity contribution in [2.24, 2.45) is 0 Å². The summed E-state index contributed by atoms with van der Waals surface area (Å²) in [6.45, 7) is 0. The van der Waals surface area contributed by atoms with Gasteiger partial charge in [-0.1, -0.05) is 42.1 Å². The van der Waals surface area contributed by atoms with Crippen LogP contribution in [0.5, 0.6) is 0 Å². The van der Waals surface area contributed by atoms with E-state index in [4.69, 9.17) is 16.6 Å². The van der Waals surface area contributed by atoms with Crippen LogP contribution in [-0.2, 0) is 16.0 Å². The van der Waals surface area contributed by atoms with Gasteiger partial charge in [0.2, 0.25) is 5.91 Å². The zero-order valence-corrected chi connectivity index (χ0v) is 13.5. The van der Waals surface area contributed by atoms with E-state index in [2.05, 4.69) is 5.43 Å². The molecule has 0 spiro atoms. The number of hydrogen-bond donors (Lipinski definition) is 1. The Balaban J connectivity index is 1.67. The van der Waals surface area contributed by atoms with Crippen molar-refractivity contribution < 1.29 is 14.0 Å². The number of furan rings is 1. The summed E-state index contributed by atoms with van der Waals surface area (Å²) in [5.41, 5.74) is 3.41. The lowest BCUT2D eigenvalue weighted by Gasteiger charge is -2.15. The third-order valence-corrected chi connectivity index (χ3v) is 4.36. The molecule has 1 aliphatic heterocycles. The van der Waals surface area contributed by atoms with Crippen LogP contribution in [0.3, 0.4) is 0 Å². The van der Waals surface area contributed by atoms with Crippen molar-refractivity contribution in [3.05, 3.63) is 65.0 Å². The minimum absolute atomic E-state index is 0.176. The molecule has 0 bridgehead atoms. The smallest absolute Gasteiger partial charge is 0.285 e. The number of thioether (sulfide) groups is 1. The Hall–Kier alpha value is -2.38. The number of carbonyl (C=O) groups excluding carboxylic acids is 2. The van der Waals surface area contributed by atoms with Gasteiger partial charge in [0.25, 0.3) is 5.91 Å². The van der Waals surface area contributed by atoms with Gasteiger partial charge in [-0.05, 0) is 29.9 Å². The van der Waals surface area contributed by atoms with Gasteiger partial charge in [0, 0.05) is 6.08 Å². The van der Waals surface area contributed by atoms with Crippen molar-refractivity contribution in [2.75, 3.05) is 0 Å². The summed E-state index contributed by atoms with van der Waals surface area (Å²) in [6.07, 6.45) is 3.30. The van der Waals surface area contributed by atoms with E-state index in [9.17, 15) is 9.59 Å². The second-order valence-electron chi connectivity index (χ2n) is 4.73. The van der Waals surface area contributed by atoms with Crippen LogP contribution >= 0.6 is 24.0 Å². The highest BCUT2D eigenvalue weighted by Gasteiger charge is 2.33. The summed E-state index contributed by atoms with van der Waals surface area (Å²) in [4.78, 5) is 24.8. The number of hydrogen-bond acceptors (Lipinski definition) is 5. The van der Waals surface area contributed by atoms with Crippen LogP contribution in [0.2, 0.25) is 0 Å². The Kier molecular flexibility index (Phi) is 4.59. The van der Waals surface area contributed by atoms with E-state index in [1.54, 1.807) is 18.2 Å². The van der Waals surface area contributed by atoms with Gasteiger partial charge in [-0.25, -0.2) is 0 Å². The van der Waals surface area contributed by atoms with Crippen LogP contribution in [0, 0.1) is 0 Å². The first kappa shape index (κ1) is 15.5. The van der Waals surface area contributed by atoms with Crippen molar-refractivity contribution in [1.29, 1.82) is 0 Å². The molecule has 2 aromatic rings. The number of hydrazine groups is 1. The molecule has 0 atom stereocenters. The molecule has 5 nitrogen and oxygen atoms in total. The van der Waals surface area contributed by atoms with E-state index in [-0.39, 0.29) is 22.6 Å². The van der Waals surface area contributed by atoms with E-state index in [0.29, 0.717) is 10.7 Å². The molecule has 1 N–H and O–H groups in total. The Morgan fingerprint density at radius 1 is 1.26 bits per heavy atom. The predicted octanol–water partition coefficient (Wildman–Crippen LogP) is 2.75. The van der Waals surface area contributed by atoms with Gasteiger partial charge in [0.05, 0.1) is 17.6 Å². The lowest BCUT2D eigenvalue weighted by Crippen LogP contribution is -2.45. The van der Waals surface area contributed by atoms with Crippen molar-refractivity contribution in [3.8, 4) is 0 Å². The molecule has 1 fully saturated rings. The first-order chi connectivity index (χ1) is 11.1. The van der Waals surface area contributed by atoms with Crippen LogP contribution in [0.1, 0.15) is 11.3 Å². The van der Waals surface area contributed by atoms with Gasteiger partial charge in [-0.15, -0.1) is 0 Å². The maximum Gasteiger partial charge on any atom is 0.285 e. The Morgan fingerprint density at radius 3 is 2.74 bits per heavy atom. The summed E-state index contributed by atoms with van der Waals surface area (Å²) in [5, 5.41) is 1.10. The zero-order valence-electron chi connectivity index (χ0n) is 11.9. The Labute approximate surface area is 142 Å². The summed E-state index contributed by atoms with van der Waals surface area (Å²) < 4.78 is 5.47. The second kappa shape index (κ2) is 6.80. The molecule has 0 saturated carbocycles. The molecule has 2 heterocycles. The molecule has 3 rings (SSSR count). The molecule has 116 valence electrons. The molecule has 0 unspecified atom stereocenters. The van der Waals surface area contributed by atoms with Crippen LogP contribution in [0.15, 0.2) is 58.1 Å². The predicted molar refractivity (Wildman–Crippen MR) is 92.0 cm³/mol. The zero-order chi connectivity index (χ0) is 16.2. The number of nitrogens with zero attached hydrogens (tertiary/aromatic N) is 1. The molecule has 1 aliphatic rings. The van der Waals surface area contributed by atoms with E-state index in [1.807, 2.05) is 30.3 Å². The van der Waals surface area contributed by atoms with Crippen molar-refractivity contribution in [3.63, 3.8) is 0 Å². The van der Waals surface area contributed by atoms with E-state index in [1.165, 1.54) is 6.26 Å². The van der Waals surface area contributed by atoms with Gasteiger partial charge >= 0.3 is 0 Å². The van der Waals surface area contributed by atoms with Gasteiger partial charge in [-0.3, -0.25) is 15.0 Å². The molecule has 1 saturated heterocycles. The van der Waals surface area contributed by atoms with Gasteiger partial charge in [0.1, 0.15) is 5.76 Å². The van der Waals surface area contributed by atoms with Crippen LogP contribution < -0.4 is 5.43 Å². The Bertz CT molecular complexity index is 770. The SMILES string of the molecule is O=C(Cc1ccccc1)NN1C(=O)/C(=C/c2ccco2)SC1=S. The normalized spacial score (nSPS) is 16.2. The highest BCUT2D eigenvalue weighted by molar-refractivity contribution is 8.26. The van der Waals surface area contributed by atoms with Crippen molar-refractivity contribution in [2.45, 2.75) is 6.42 Å². The lowest BCUT2D eigenvalue weighted by atomic mass is 10.1. The minimum atomic E-state index is -0.363. The van der Waals surface area contributed by atoms with Crippen LogP contribution in [-0.4, -0.2) is 21.1 Å². The summed E-state index contributed by atoms with van der Waals surface area (Å²) in [6, 6.07) is 12.8. The molecule has 2 amide bonds. The maximum absolute atomic E-state index is 12.3. The third-order valence-electron chi connectivity index (χ3n) is 3.05. The van der Waals surface area contributed by atoms with Gasteiger partial charge in [0.15, 0.2) is 4.32 Å². The van der Waals surface area contributed by atoms with Crippen molar-refractivity contribution >= 4 is 46.2 Å². The lowest BCUT2D eigenvalue weighted by molar-refractivity contribution is -0.132. The molecule has 0 radical (unpaired) electrons. The molecule has 7 heteroatoms. The van der Waals surface area contributed by atoms with Crippen molar-refractivity contribution in [1.82, 2.24) is 10.4 Å². The molecular weight excluding hydrogens is 332 g/mol. The Morgan fingerprint density at radius 2 is 2.04 bits per heavy atom. The fourth-order valence-electron chi connectivity index (χ4n) is 2.01. The highest BCUT2D eigenvalue weighted by Crippen LogP contribution is 2.31. The van der Waals surface area contributed by atoms with E-state index >= 15 is 0 Å². The number of thiocarbonyl (C=S) groups is 1. The number of carbonyl (C=O) groups is 2. The third kappa shape index (κ3) is 3.69. The quantitative estimate of drug-likeness (QED) is 0.683.